The normalized spacial score (nSPS) is 21.6. The number of nitrogens with zero attached hydrogens (tertiary/aromatic N) is 2. The summed E-state index contributed by atoms with van der Waals surface area (Å²) in [6.07, 6.45) is 1.55. The Labute approximate surface area is 96.7 Å². The lowest BCUT2D eigenvalue weighted by molar-refractivity contribution is -0.138. The Hall–Kier alpha value is -0.650. The van der Waals surface area contributed by atoms with Gasteiger partial charge in [0.2, 0.25) is 0 Å². The molecule has 0 bridgehead atoms. The van der Waals surface area contributed by atoms with Crippen molar-refractivity contribution in [1.29, 1.82) is 0 Å². The van der Waals surface area contributed by atoms with E-state index in [-0.39, 0.29) is 12.6 Å². The molecule has 0 saturated carbocycles. The van der Waals surface area contributed by atoms with Crippen molar-refractivity contribution >= 4 is 5.97 Å². The van der Waals surface area contributed by atoms with E-state index in [1.807, 2.05) is 4.90 Å². The molecule has 1 unspecified atom stereocenters. The molecule has 0 aromatic carbocycles. The summed E-state index contributed by atoms with van der Waals surface area (Å²) < 4.78 is 0. The van der Waals surface area contributed by atoms with E-state index in [0.29, 0.717) is 0 Å². The number of hydrogen-bond donors (Lipinski definition) is 2. The third kappa shape index (κ3) is 5.44. The zero-order valence-corrected chi connectivity index (χ0v) is 9.93. The minimum atomic E-state index is -0.752. The van der Waals surface area contributed by atoms with Gasteiger partial charge in [0, 0.05) is 26.2 Å². The maximum Gasteiger partial charge on any atom is 0.317 e. The molecule has 5 heteroatoms. The molecule has 1 aliphatic rings. The Balaban J connectivity index is 2.26. The second-order valence-electron chi connectivity index (χ2n) is 4.50. The second kappa shape index (κ2) is 6.83. The maximum atomic E-state index is 10.6. The van der Waals surface area contributed by atoms with Gasteiger partial charge in [-0.2, -0.15) is 0 Å². The summed E-state index contributed by atoms with van der Waals surface area (Å²) in [5.74, 6) is -0.752. The molecular weight excluding hydrogens is 208 g/mol. The lowest BCUT2D eigenvalue weighted by atomic mass is 10.2. The average Bonchev–Trinajstić information content (AvgIpc) is 2.39. The van der Waals surface area contributed by atoms with Crippen molar-refractivity contribution in [3.63, 3.8) is 0 Å². The van der Waals surface area contributed by atoms with Crippen molar-refractivity contribution < 1.29 is 15.0 Å². The highest BCUT2D eigenvalue weighted by molar-refractivity contribution is 5.69. The average molecular weight is 230 g/mol. The predicted molar refractivity (Wildman–Crippen MR) is 61.4 cm³/mol. The van der Waals surface area contributed by atoms with Crippen molar-refractivity contribution in [1.82, 2.24) is 9.80 Å². The molecule has 1 fully saturated rings. The van der Waals surface area contributed by atoms with E-state index in [0.717, 1.165) is 45.6 Å². The summed E-state index contributed by atoms with van der Waals surface area (Å²) in [5, 5.41) is 17.9. The fourth-order valence-corrected chi connectivity index (χ4v) is 1.97. The zero-order valence-electron chi connectivity index (χ0n) is 9.93. The molecule has 0 aromatic heterocycles. The highest BCUT2D eigenvalue weighted by Crippen LogP contribution is 2.04. The van der Waals surface area contributed by atoms with E-state index in [9.17, 15) is 9.90 Å². The summed E-state index contributed by atoms with van der Waals surface area (Å²) in [6, 6.07) is 0. The van der Waals surface area contributed by atoms with Crippen LogP contribution < -0.4 is 0 Å². The van der Waals surface area contributed by atoms with Crippen LogP contribution >= 0.6 is 0 Å². The summed E-state index contributed by atoms with van der Waals surface area (Å²) >= 11 is 0. The van der Waals surface area contributed by atoms with Gasteiger partial charge >= 0.3 is 5.97 Å². The van der Waals surface area contributed by atoms with Gasteiger partial charge in [0.15, 0.2) is 0 Å². The molecular formula is C11H22N2O3. The van der Waals surface area contributed by atoms with Gasteiger partial charge in [0.05, 0.1) is 12.6 Å². The van der Waals surface area contributed by atoms with Crippen LogP contribution in [0.2, 0.25) is 0 Å². The largest absolute Gasteiger partial charge is 0.480 e. The van der Waals surface area contributed by atoms with Crippen molar-refractivity contribution in [2.24, 2.45) is 0 Å². The van der Waals surface area contributed by atoms with Crippen LogP contribution in [0.1, 0.15) is 19.8 Å². The highest BCUT2D eigenvalue weighted by Gasteiger charge is 2.16. The number of aliphatic hydroxyl groups excluding tert-OH is 1. The molecule has 0 spiro atoms. The van der Waals surface area contributed by atoms with Crippen LogP contribution in [-0.4, -0.2) is 71.4 Å². The first-order valence-electron chi connectivity index (χ1n) is 5.92. The van der Waals surface area contributed by atoms with Gasteiger partial charge in [-0.05, 0) is 26.3 Å². The van der Waals surface area contributed by atoms with Crippen LogP contribution in [0.5, 0.6) is 0 Å². The van der Waals surface area contributed by atoms with Crippen LogP contribution in [-0.2, 0) is 4.79 Å². The van der Waals surface area contributed by atoms with Gasteiger partial charge in [-0.1, -0.05) is 0 Å². The molecule has 2 N–H and O–H groups in total. The van der Waals surface area contributed by atoms with E-state index in [4.69, 9.17) is 5.11 Å². The number of aliphatic hydroxyl groups is 1. The summed E-state index contributed by atoms with van der Waals surface area (Å²) in [5.41, 5.74) is 0. The molecule has 1 saturated heterocycles. The SMILES string of the molecule is CC(O)CCN1CCCN(CC(=O)O)CC1. The van der Waals surface area contributed by atoms with Gasteiger partial charge < -0.3 is 15.1 Å². The number of aliphatic carboxylic acids is 1. The van der Waals surface area contributed by atoms with E-state index < -0.39 is 5.97 Å². The number of rotatable bonds is 5. The van der Waals surface area contributed by atoms with Crippen LogP contribution in [0.25, 0.3) is 0 Å². The van der Waals surface area contributed by atoms with E-state index in [2.05, 4.69) is 4.90 Å². The van der Waals surface area contributed by atoms with E-state index >= 15 is 0 Å². The number of hydrogen-bond acceptors (Lipinski definition) is 4. The molecule has 5 nitrogen and oxygen atoms in total. The number of carboxylic acids is 1. The lowest BCUT2D eigenvalue weighted by Gasteiger charge is -2.21. The quantitative estimate of drug-likeness (QED) is 0.687. The Morgan fingerprint density at radius 3 is 2.50 bits per heavy atom. The zero-order chi connectivity index (χ0) is 12.0. The van der Waals surface area contributed by atoms with Gasteiger partial charge in [-0.25, -0.2) is 0 Å². The standard InChI is InChI=1S/C11H22N2O3/c1-10(14)3-6-12-4-2-5-13(8-7-12)9-11(15)16/h10,14H,2-9H2,1H3,(H,15,16). The Morgan fingerprint density at radius 1 is 1.25 bits per heavy atom. The van der Waals surface area contributed by atoms with Crippen LogP contribution in [0.4, 0.5) is 0 Å². The number of carbonyl (C=O) groups is 1. The molecule has 1 heterocycles. The molecule has 0 aromatic rings. The number of carboxylic acid groups (broad SMARTS) is 1. The van der Waals surface area contributed by atoms with Crippen LogP contribution in [0.3, 0.4) is 0 Å². The first kappa shape index (κ1) is 13.4. The summed E-state index contributed by atoms with van der Waals surface area (Å²) in [4.78, 5) is 14.9. The lowest BCUT2D eigenvalue weighted by Crippen LogP contribution is -2.34. The Morgan fingerprint density at radius 2 is 1.88 bits per heavy atom. The van der Waals surface area contributed by atoms with Crippen molar-refractivity contribution in [2.45, 2.75) is 25.9 Å². The molecule has 0 amide bonds. The van der Waals surface area contributed by atoms with Crippen LogP contribution in [0.15, 0.2) is 0 Å². The minimum Gasteiger partial charge on any atom is -0.480 e. The third-order valence-corrected chi connectivity index (χ3v) is 2.90. The molecule has 94 valence electrons. The predicted octanol–water partition coefficient (Wildman–Crippen LogP) is -0.150. The highest BCUT2D eigenvalue weighted by atomic mass is 16.4. The first-order chi connectivity index (χ1) is 7.58. The molecule has 16 heavy (non-hydrogen) atoms. The van der Waals surface area contributed by atoms with Crippen LogP contribution in [0, 0.1) is 0 Å². The molecule has 1 rings (SSSR count). The Bertz CT molecular complexity index is 221. The van der Waals surface area contributed by atoms with Gasteiger partial charge in [0.1, 0.15) is 0 Å². The fraction of sp³-hybridized carbons (Fsp3) is 0.909. The molecule has 0 radical (unpaired) electrons. The minimum absolute atomic E-state index is 0.143. The smallest absolute Gasteiger partial charge is 0.317 e. The fourth-order valence-electron chi connectivity index (χ4n) is 1.97. The van der Waals surface area contributed by atoms with Crippen molar-refractivity contribution in [3.8, 4) is 0 Å². The van der Waals surface area contributed by atoms with E-state index in [1.54, 1.807) is 6.92 Å². The van der Waals surface area contributed by atoms with E-state index in [1.165, 1.54) is 0 Å². The van der Waals surface area contributed by atoms with Gasteiger partial charge in [-0.3, -0.25) is 9.69 Å². The Kier molecular flexibility index (Phi) is 5.73. The van der Waals surface area contributed by atoms with Crippen molar-refractivity contribution in [2.75, 3.05) is 39.3 Å². The molecule has 0 aliphatic carbocycles. The van der Waals surface area contributed by atoms with Gasteiger partial charge in [0.25, 0.3) is 0 Å². The monoisotopic (exact) mass is 230 g/mol. The maximum absolute atomic E-state index is 10.6. The second-order valence-corrected chi connectivity index (χ2v) is 4.50. The topological polar surface area (TPSA) is 64.0 Å². The summed E-state index contributed by atoms with van der Waals surface area (Å²) in [6.45, 7) is 6.42. The van der Waals surface area contributed by atoms with Gasteiger partial charge in [-0.15, -0.1) is 0 Å². The third-order valence-electron chi connectivity index (χ3n) is 2.90. The summed E-state index contributed by atoms with van der Waals surface area (Å²) in [7, 11) is 0. The molecule has 1 atom stereocenters. The molecule has 1 aliphatic heterocycles. The first-order valence-corrected chi connectivity index (χ1v) is 5.92. The van der Waals surface area contributed by atoms with Crippen molar-refractivity contribution in [3.05, 3.63) is 0 Å².